The fourth-order valence-corrected chi connectivity index (χ4v) is 2.93. The molecule has 16 heavy (non-hydrogen) atoms. The van der Waals surface area contributed by atoms with Crippen LogP contribution in [0.4, 0.5) is 0 Å². The van der Waals surface area contributed by atoms with Crippen LogP contribution in [-0.4, -0.2) is 40.8 Å². The van der Waals surface area contributed by atoms with E-state index in [-0.39, 0.29) is 23.9 Å². The number of carbonyl (C=O) groups is 1. The van der Waals surface area contributed by atoms with Crippen molar-refractivity contribution in [1.29, 1.82) is 0 Å². The first-order valence-electron chi connectivity index (χ1n) is 5.84. The average Bonchev–Trinajstić information content (AvgIpc) is 2.16. The lowest BCUT2D eigenvalue weighted by Crippen LogP contribution is -2.49. The summed E-state index contributed by atoms with van der Waals surface area (Å²) in [6.45, 7) is 4.95. The fourth-order valence-electron chi connectivity index (χ4n) is 2.15. The number of rotatable bonds is 4. The summed E-state index contributed by atoms with van der Waals surface area (Å²) >= 11 is 0. The van der Waals surface area contributed by atoms with Gasteiger partial charge < -0.3 is 10.6 Å². The van der Waals surface area contributed by atoms with Crippen molar-refractivity contribution in [2.75, 3.05) is 18.6 Å². The van der Waals surface area contributed by atoms with E-state index in [0.717, 1.165) is 19.4 Å². The zero-order valence-electron chi connectivity index (χ0n) is 10.3. The maximum atomic E-state index is 12.0. The van der Waals surface area contributed by atoms with E-state index >= 15 is 0 Å². The van der Waals surface area contributed by atoms with Crippen LogP contribution in [0, 0.1) is 5.92 Å². The fraction of sp³-hybridized carbons (Fsp3) is 0.909. The summed E-state index contributed by atoms with van der Waals surface area (Å²) in [4.78, 5) is 12.0. The number of carbonyl (C=O) groups excluding carboxylic acids is 1. The van der Waals surface area contributed by atoms with Crippen molar-refractivity contribution in [1.82, 2.24) is 10.6 Å². The molecule has 0 aromatic carbocycles. The van der Waals surface area contributed by atoms with Crippen molar-refractivity contribution in [2.24, 2.45) is 5.92 Å². The van der Waals surface area contributed by atoms with Crippen LogP contribution >= 0.6 is 0 Å². The zero-order chi connectivity index (χ0) is 12.1. The Hall–Kier alpha value is -0.420. The van der Waals surface area contributed by atoms with Crippen molar-refractivity contribution >= 4 is 16.7 Å². The summed E-state index contributed by atoms with van der Waals surface area (Å²) in [6.07, 6.45) is 3.66. The molecule has 0 aromatic rings. The Kier molecular flexibility index (Phi) is 5.41. The van der Waals surface area contributed by atoms with E-state index in [4.69, 9.17) is 0 Å². The molecule has 94 valence electrons. The van der Waals surface area contributed by atoms with Gasteiger partial charge in [-0.2, -0.15) is 0 Å². The van der Waals surface area contributed by atoms with Gasteiger partial charge in [-0.3, -0.25) is 9.00 Å². The molecule has 1 aliphatic heterocycles. The lowest BCUT2D eigenvalue weighted by molar-refractivity contribution is -0.127. The molecule has 1 amide bonds. The van der Waals surface area contributed by atoms with Gasteiger partial charge in [0.25, 0.3) is 0 Å². The van der Waals surface area contributed by atoms with Crippen LogP contribution in [0.5, 0.6) is 0 Å². The standard InChI is InChI=1S/C11H22N2O2S/c1-8(7-16(3)15)13-11(14)10-5-4-6-12-9(10)2/h8-10,12H,4-7H2,1-3H3,(H,13,14). The Bertz CT molecular complexity index is 271. The van der Waals surface area contributed by atoms with Crippen molar-refractivity contribution in [3.63, 3.8) is 0 Å². The summed E-state index contributed by atoms with van der Waals surface area (Å²) in [5.41, 5.74) is 0. The third kappa shape index (κ3) is 4.22. The molecule has 0 aromatic heterocycles. The SMILES string of the molecule is CC(CS(C)=O)NC(=O)C1CCCNC1C. The number of hydrogen-bond acceptors (Lipinski definition) is 3. The van der Waals surface area contributed by atoms with Crippen LogP contribution in [0.3, 0.4) is 0 Å². The maximum absolute atomic E-state index is 12.0. The molecule has 1 aliphatic rings. The lowest BCUT2D eigenvalue weighted by atomic mass is 9.91. The summed E-state index contributed by atoms with van der Waals surface area (Å²) in [5.74, 6) is 0.680. The van der Waals surface area contributed by atoms with Crippen LogP contribution in [0.2, 0.25) is 0 Å². The van der Waals surface area contributed by atoms with Gasteiger partial charge in [-0.15, -0.1) is 0 Å². The molecular weight excluding hydrogens is 224 g/mol. The third-order valence-electron chi connectivity index (χ3n) is 2.97. The van der Waals surface area contributed by atoms with Gasteiger partial charge in [0, 0.05) is 34.9 Å². The van der Waals surface area contributed by atoms with E-state index in [2.05, 4.69) is 10.6 Å². The van der Waals surface area contributed by atoms with Crippen molar-refractivity contribution in [2.45, 2.75) is 38.8 Å². The monoisotopic (exact) mass is 246 g/mol. The van der Waals surface area contributed by atoms with E-state index < -0.39 is 10.8 Å². The van der Waals surface area contributed by atoms with Crippen LogP contribution in [0.25, 0.3) is 0 Å². The van der Waals surface area contributed by atoms with Crippen LogP contribution in [0.15, 0.2) is 0 Å². The molecule has 0 aliphatic carbocycles. The molecule has 0 saturated carbocycles. The molecule has 1 heterocycles. The van der Waals surface area contributed by atoms with Gasteiger partial charge in [0.2, 0.25) is 5.91 Å². The molecule has 2 N–H and O–H groups in total. The molecular formula is C11H22N2O2S. The number of hydrogen-bond donors (Lipinski definition) is 2. The van der Waals surface area contributed by atoms with Crippen LogP contribution in [-0.2, 0) is 15.6 Å². The van der Waals surface area contributed by atoms with Gasteiger partial charge in [-0.1, -0.05) is 0 Å². The molecule has 4 atom stereocenters. The highest BCUT2D eigenvalue weighted by Gasteiger charge is 2.28. The first-order valence-corrected chi connectivity index (χ1v) is 7.57. The molecule has 1 saturated heterocycles. The van der Waals surface area contributed by atoms with Gasteiger partial charge in [0.05, 0.1) is 5.92 Å². The molecule has 4 nitrogen and oxygen atoms in total. The predicted molar refractivity (Wildman–Crippen MR) is 66.7 cm³/mol. The molecule has 4 unspecified atom stereocenters. The van der Waals surface area contributed by atoms with Crippen molar-refractivity contribution < 1.29 is 9.00 Å². The van der Waals surface area contributed by atoms with E-state index in [1.807, 2.05) is 13.8 Å². The molecule has 0 bridgehead atoms. The van der Waals surface area contributed by atoms with E-state index in [1.54, 1.807) is 6.26 Å². The highest BCUT2D eigenvalue weighted by Crippen LogP contribution is 2.16. The second-order valence-corrected chi connectivity index (χ2v) is 6.12. The van der Waals surface area contributed by atoms with Gasteiger partial charge in [0.15, 0.2) is 0 Å². The van der Waals surface area contributed by atoms with Crippen molar-refractivity contribution in [3.8, 4) is 0 Å². The second-order valence-electron chi connectivity index (χ2n) is 4.64. The zero-order valence-corrected chi connectivity index (χ0v) is 11.1. The average molecular weight is 246 g/mol. The van der Waals surface area contributed by atoms with Crippen LogP contribution in [0.1, 0.15) is 26.7 Å². The summed E-state index contributed by atoms with van der Waals surface area (Å²) in [6, 6.07) is 0.237. The summed E-state index contributed by atoms with van der Waals surface area (Å²) in [7, 11) is -0.856. The Morgan fingerprint density at radius 1 is 1.62 bits per heavy atom. The first kappa shape index (κ1) is 13.6. The van der Waals surface area contributed by atoms with Gasteiger partial charge in [-0.25, -0.2) is 0 Å². The molecule has 0 spiro atoms. The largest absolute Gasteiger partial charge is 0.352 e. The highest BCUT2D eigenvalue weighted by molar-refractivity contribution is 7.84. The number of amides is 1. The minimum atomic E-state index is -0.856. The Labute approximate surface area is 100 Å². The second kappa shape index (κ2) is 6.35. The van der Waals surface area contributed by atoms with Gasteiger partial charge >= 0.3 is 0 Å². The minimum Gasteiger partial charge on any atom is -0.352 e. The number of piperidine rings is 1. The smallest absolute Gasteiger partial charge is 0.224 e. The highest BCUT2D eigenvalue weighted by atomic mass is 32.2. The Morgan fingerprint density at radius 2 is 2.31 bits per heavy atom. The van der Waals surface area contributed by atoms with Gasteiger partial charge in [0.1, 0.15) is 0 Å². The van der Waals surface area contributed by atoms with Crippen molar-refractivity contribution in [3.05, 3.63) is 0 Å². The van der Waals surface area contributed by atoms with Gasteiger partial charge in [-0.05, 0) is 33.2 Å². The van der Waals surface area contributed by atoms with Crippen LogP contribution < -0.4 is 10.6 Å². The Balaban J connectivity index is 2.41. The topological polar surface area (TPSA) is 58.2 Å². The van der Waals surface area contributed by atoms with E-state index in [9.17, 15) is 9.00 Å². The third-order valence-corrected chi connectivity index (χ3v) is 3.94. The Morgan fingerprint density at radius 3 is 2.88 bits per heavy atom. The predicted octanol–water partition coefficient (Wildman–Crippen LogP) is 0.258. The van der Waals surface area contributed by atoms with E-state index in [0.29, 0.717) is 5.75 Å². The first-order chi connectivity index (χ1) is 7.50. The minimum absolute atomic E-state index is 0.00698. The quantitative estimate of drug-likeness (QED) is 0.748. The lowest BCUT2D eigenvalue weighted by Gasteiger charge is -2.29. The van der Waals surface area contributed by atoms with E-state index in [1.165, 1.54) is 0 Å². The molecule has 1 rings (SSSR count). The molecule has 1 fully saturated rings. The number of nitrogens with one attached hydrogen (secondary N) is 2. The molecule has 0 radical (unpaired) electrons. The summed E-state index contributed by atoms with van der Waals surface area (Å²) < 4.78 is 11.0. The summed E-state index contributed by atoms with van der Waals surface area (Å²) in [5, 5.41) is 6.25. The normalized spacial score (nSPS) is 29.4. The molecule has 5 heteroatoms. The maximum Gasteiger partial charge on any atom is 0.224 e.